The highest BCUT2D eigenvalue weighted by Gasteiger charge is 1.76. The maximum absolute atomic E-state index is 11.3. The van der Waals surface area contributed by atoms with Crippen molar-refractivity contribution in [3.8, 4) is 0 Å². The summed E-state index contributed by atoms with van der Waals surface area (Å²) < 4.78 is 11.3. The van der Waals surface area contributed by atoms with E-state index in [-0.39, 0.29) is 0 Å². The van der Waals surface area contributed by atoms with Gasteiger partial charge in [-0.05, 0) is 13.0 Å². The van der Waals surface area contributed by atoms with Crippen LogP contribution in [0.5, 0.6) is 0 Å². The molecule has 0 aliphatic rings. The van der Waals surface area contributed by atoms with Crippen LogP contribution in [0.2, 0.25) is 0 Å². The van der Waals surface area contributed by atoms with Crippen LogP contribution in [0, 0.1) is 0 Å². The van der Waals surface area contributed by atoms with Crippen molar-refractivity contribution in [2.45, 2.75) is 6.92 Å². The molecule has 0 aromatic rings. The minimum absolute atomic E-state index is 0.454. The molecule has 0 aliphatic carbocycles. The zero-order chi connectivity index (χ0) is 6.41. The molecule has 0 saturated carbocycles. The molecule has 46 valence electrons. The van der Waals surface area contributed by atoms with E-state index in [1.807, 2.05) is 0 Å². The van der Waals surface area contributed by atoms with Crippen molar-refractivity contribution in [2.75, 3.05) is 7.05 Å². The number of nitrogens with one attached hydrogen (secondary N) is 1. The number of hydrogen-bond donors (Lipinski definition) is 1. The predicted octanol–water partition coefficient (Wildman–Crippen LogP) is 1.06. The van der Waals surface area contributed by atoms with Gasteiger partial charge in [-0.2, -0.15) is 0 Å². The van der Waals surface area contributed by atoms with E-state index in [0.717, 1.165) is 0 Å². The van der Waals surface area contributed by atoms with E-state index < -0.39 is 0 Å². The van der Waals surface area contributed by atoms with Gasteiger partial charge in [0.25, 0.3) is 0 Å². The average Bonchev–Trinajstić information content (AvgIpc) is 1.83. The molecule has 0 saturated heterocycles. The Balaban J connectivity index is 3.57. The zero-order valence-corrected chi connectivity index (χ0v) is 4.98. The van der Waals surface area contributed by atoms with Crippen LogP contribution in [0.25, 0.3) is 0 Å². The minimum Gasteiger partial charge on any atom is -0.296 e. The fourth-order valence-electron chi connectivity index (χ4n) is 0.218. The third-order valence-corrected chi connectivity index (χ3v) is 0.623. The van der Waals surface area contributed by atoms with Gasteiger partial charge < -0.3 is 0 Å². The van der Waals surface area contributed by atoms with Crippen molar-refractivity contribution < 1.29 is 4.48 Å². The summed E-state index contributed by atoms with van der Waals surface area (Å²) in [6.07, 6.45) is 3.06. The molecule has 0 rings (SSSR count). The second kappa shape index (κ2) is 4.30. The Bertz CT molecular complexity index is 107. The van der Waals surface area contributed by atoms with Gasteiger partial charge in [0.05, 0.1) is 0 Å². The van der Waals surface area contributed by atoms with Crippen LogP contribution in [-0.4, -0.2) is 13.3 Å². The van der Waals surface area contributed by atoms with E-state index in [9.17, 15) is 4.48 Å². The lowest BCUT2D eigenvalue weighted by Crippen LogP contribution is -1.94. The summed E-state index contributed by atoms with van der Waals surface area (Å²) in [7, 11) is 1.63. The van der Waals surface area contributed by atoms with Gasteiger partial charge >= 0.3 is 0 Å². The molecule has 0 heterocycles. The molecule has 0 atom stereocenters. The molecule has 0 amide bonds. The van der Waals surface area contributed by atoms with Crippen molar-refractivity contribution in [1.82, 2.24) is 5.54 Å². The third-order valence-electron chi connectivity index (χ3n) is 0.623. The summed E-state index contributed by atoms with van der Waals surface area (Å²) in [6, 6.07) is 0. The fourth-order valence-corrected chi connectivity index (χ4v) is 0.218. The van der Waals surface area contributed by atoms with E-state index in [4.69, 9.17) is 0 Å². The Hall–Kier alpha value is -0.860. The fraction of sp³-hybridized carbons (Fsp3) is 0.400. The second-order valence-corrected chi connectivity index (χ2v) is 1.35. The first-order chi connectivity index (χ1) is 3.81. The predicted molar refractivity (Wildman–Crippen MR) is 32.4 cm³/mol. The maximum atomic E-state index is 11.3. The number of halogens is 1. The zero-order valence-electron chi connectivity index (χ0n) is 4.98. The monoisotopic (exact) mass is 116 g/mol. The van der Waals surface area contributed by atoms with Crippen LogP contribution in [0.15, 0.2) is 16.8 Å². The van der Waals surface area contributed by atoms with E-state index in [0.29, 0.717) is 5.70 Å². The van der Waals surface area contributed by atoms with E-state index in [1.54, 1.807) is 20.0 Å². The second-order valence-electron chi connectivity index (χ2n) is 1.35. The summed E-state index contributed by atoms with van der Waals surface area (Å²) >= 11 is 0. The standard InChI is InChI=1S/C5H9FN2/c1-5(8-6)3-4-7-2/h3-4,8H,1-2H3/b5-3+,7-4-. The Labute approximate surface area is 48.1 Å². The average molecular weight is 116 g/mol. The molecule has 0 radical (unpaired) electrons. The molecule has 0 spiro atoms. The van der Waals surface area contributed by atoms with E-state index in [2.05, 4.69) is 4.99 Å². The highest BCUT2D eigenvalue weighted by atomic mass is 19.2. The number of aliphatic imine (C=N–C) groups is 1. The molecule has 0 fully saturated rings. The van der Waals surface area contributed by atoms with Crippen LogP contribution >= 0.6 is 0 Å². The van der Waals surface area contributed by atoms with Crippen LogP contribution in [0.3, 0.4) is 0 Å². The molecule has 0 bridgehead atoms. The molecule has 8 heavy (non-hydrogen) atoms. The Kier molecular flexibility index (Phi) is 3.84. The molecular formula is C5H9FN2. The Morgan fingerprint density at radius 2 is 2.38 bits per heavy atom. The van der Waals surface area contributed by atoms with Crippen LogP contribution < -0.4 is 5.54 Å². The number of nitrogens with zero attached hydrogens (tertiary/aromatic N) is 1. The summed E-state index contributed by atoms with van der Waals surface area (Å²) in [4.78, 5) is 3.62. The normalized spacial score (nSPS) is 12.6. The van der Waals surface area contributed by atoms with Crippen molar-refractivity contribution >= 4 is 6.21 Å². The topological polar surface area (TPSA) is 24.4 Å². The molecule has 1 N–H and O–H groups in total. The summed E-state index contributed by atoms with van der Waals surface area (Å²) in [5, 5.41) is 0. The first-order valence-corrected chi connectivity index (χ1v) is 2.27. The van der Waals surface area contributed by atoms with Crippen molar-refractivity contribution in [2.24, 2.45) is 4.99 Å². The van der Waals surface area contributed by atoms with Gasteiger partial charge in [-0.15, -0.1) is 4.48 Å². The van der Waals surface area contributed by atoms with Gasteiger partial charge in [0, 0.05) is 19.0 Å². The summed E-state index contributed by atoms with van der Waals surface area (Å²) in [5.41, 5.74) is 1.92. The largest absolute Gasteiger partial charge is 0.296 e. The van der Waals surface area contributed by atoms with Crippen LogP contribution in [-0.2, 0) is 0 Å². The van der Waals surface area contributed by atoms with Gasteiger partial charge in [0.1, 0.15) is 0 Å². The summed E-state index contributed by atoms with van der Waals surface area (Å²) in [5.74, 6) is 0. The lowest BCUT2D eigenvalue weighted by molar-refractivity contribution is 0.386. The Morgan fingerprint density at radius 1 is 1.75 bits per heavy atom. The van der Waals surface area contributed by atoms with Gasteiger partial charge in [-0.3, -0.25) is 4.99 Å². The van der Waals surface area contributed by atoms with Crippen LogP contribution in [0.1, 0.15) is 6.92 Å². The third kappa shape index (κ3) is 3.33. The quantitative estimate of drug-likeness (QED) is 0.423. The molecule has 2 nitrogen and oxygen atoms in total. The van der Waals surface area contributed by atoms with Gasteiger partial charge in [-0.25, -0.2) is 5.54 Å². The van der Waals surface area contributed by atoms with E-state index >= 15 is 0 Å². The van der Waals surface area contributed by atoms with Gasteiger partial charge in [-0.1, -0.05) is 0 Å². The van der Waals surface area contributed by atoms with Gasteiger partial charge in [0.15, 0.2) is 0 Å². The minimum atomic E-state index is 0.454. The smallest absolute Gasteiger partial charge is 0.0413 e. The first-order valence-electron chi connectivity index (χ1n) is 2.27. The van der Waals surface area contributed by atoms with Crippen LogP contribution in [0.4, 0.5) is 4.48 Å². The Morgan fingerprint density at radius 3 is 2.75 bits per heavy atom. The van der Waals surface area contributed by atoms with E-state index in [1.165, 1.54) is 11.8 Å². The lowest BCUT2D eigenvalue weighted by atomic mass is 10.5. The lowest BCUT2D eigenvalue weighted by Gasteiger charge is -1.87. The van der Waals surface area contributed by atoms with Gasteiger partial charge in [0.2, 0.25) is 0 Å². The number of rotatable bonds is 2. The van der Waals surface area contributed by atoms with Crippen molar-refractivity contribution in [1.29, 1.82) is 0 Å². The molecule has 0 aliphatic heterocycles. The number of allylic oxidation sites excluding steroid dienone is 2. The molecule has 0 aromatic heterocycles. The van der Waals surface area contributed by atoms with Crippen molar-refractivity contribution in [3.63, 3.8) is 0 Å². The molecule has 0 unspecified atom stereocenters. The highest BCUT2D eigenvalue weighted by Crippen LogP contribution is 1.81. The summed E-state index contributed by atoms with van der Waals surface area (Å²) in [6.45, 7) is 1.61. The molecule has 0 aromatic carbocycles. The maximum Gasteiger partial charge on any atom is 0.0413 e. The highest BCUT2D eigenvalue weighted by molar-refractivity contribution is 5.71. The first kappa shape index (κ1) is 7.14. The van der Waals surface area contributed by atoms with Crippen molar-refractivity contribution in [3.05, 3.63) is 11.8 Å². The number of hydrogen-bond acceptors (Lipinski definition) is 2. The molecular weight excluding hydrogens is 107 g/mol. The SMILES string of the molecule is C/N=C\C=C(/C)NF. The molecule has 3 heteroatoms.